The third-order valence-corrected chi connectivity index (χ3v) is 2.77. The minimum Gasteiger partial charge on any atom is -0.300 e. The van der Waals surface area contributed by atoms with Crippen LogP contribution in [-0.4, -0.2) is 24.0 Å². The number of hydrogen-bond donors (Lipinski definition) is 0. The standard InChI is InChI=1S/C12H20N2/c1-3-7-14(8-4-2)12-6-5-11(9-12)10-13/h5,12H,3-4,6-9H2,1-2H3. The highest BCUT2D eigenvalue weighted by molar-refractivity contribution is 5.26. The molecule has 1 rings (SSSR count). The van der Waals surface area contributed by atoms with E-state index >= 15 is 0 Å². The SMILES string of the molecule is CCCN(CCC)C1CC=C(C#N)C1. The van der Waals surface area contributed by atoms with Crippen molar-refractivity contribution in [3.8, 4) is 6.07 Å². The summed E-state index contributed by atoms with van der Waals surface area (Å²) in [6.07, 6.45) is 6.55. The van der Waals surface area contributed by atoms with Gasteiger partial charge < -0.3 is 0 Å². The van der Waals surface area contributed by atoms with Gasteiger partial charge in [0.1, 0.15) is 0 Å². The molecule has 0 radical (unpaired) electrons. The lowest BCUT2D eigenvalue weighted by atomic mass is 10.1. The fraction of sp³-hybridized carbons (Fsp3) is 0.750. The first-order chi connectivity index (χ1) is 6.81. The normalized spacial score (nSPS) is 21.0. The molecular formula is C12H20N2. The third-order valence-electron chi connectivity index (χ3n) is 2.77. The van der Waals surface area contributed by atoms with Crippen LogP contribution in [0.4, 0.5) is 0 Å². The van der Waals surface area contributed by atoms with E-state index in [4.69, 9.17) is 5.26 Å². The summed E-state index contributed by atoms with van der Waals surface area (Å²) in [5, 5.41) is 8.79. The van der Waals surface area contributed by atoms with Crippen molar-refractivity contribution in [1.82, 2.24) is 4.90 Å². The molecule has 2 heteroatoms. The second kappa shape index (κ2) is 5.82. The van der Waals surface area contributed by atoms with Gasteiger partial charge >= 0.3 is 0 Å². The average molecular weight is 192 g/mol. The molecule has 1 aliphatic carbocycles. The van der Waals surface area contributed by atoms with Gasteiger partial charge in [-0.1, -0.05) is 19.9 Å². The highest BCUT2D eigenvalue weighted by Crippen LogP contribution is 2.23. The molecule has 0 saturated heterocycles. The van der Waals surface area contributed by atoms with Crippen LogP contribution in [0.3, 0.4) is 0 Å². The lowest BCUT2D eigenvalue weighted by Gasteiger charge is -2.27. The molecule has 0 aromatic heterocycles. The first-order valence-corrected chi connectivity index (χ1v) is 5.65. The summed E-state index contributed by atoms with van der Waals surface area (Å²) in [7, 11) is 0. The van der Waals surface area contributed by atoms with Gasteiger partial charge in [0.15, 0.2) is 0 Å². The molecule has 0 aromatic rings. The maximum atomic E-state index is 8.79. The van der Waals surface area contributed by atoms with Gasteiger partial charge in [0.25, 0.3) is 0 Å². The summed E-state index contributed by atoms with van der Waals surface area (Å²) >= 11 is 0. The Morgan fingerprint density at radius 3 is 2.50 bits per heavy atom. The zero-order valence-electron chi connectivity index (χ0n) is 9.29. The Balaban J connectivity index is 2.43. The van der Waals surface area contributed by atoms with E-state index < -0.39 is 0 Å². The van der Waals surface area contributed by atoms with Crippen LogP contribution in [0.1, 0.15) is 39.5 Å². The van der Waals surface area contributed by atoms with Gasteiger partial charge in [0.2, 0.25) is 0 Å². The zero-order chi connectivity index (χ0) is 10.4. The second-order valence-electron chi connectivity index (χ2n) is 3.97. The van der Waals surface area contributed by atoms with Gasteiger partial charge in [-0.3, -0.25) is 4.90 Å². The van der Waals surface area contributed by atoms with E-state index in [-0.39, 0.29) is 0 Å². The Morgan fingerprint density at radius 1 is 1.43 bits per heavy atom. The third kappa shape index (κ3) is 2.85. The van der Waals surface area contributed by atoms with Crippen molar-refractivity contribution in [2.45, 2.75) is 45.6 Å². The summed E-state index contributed by atoms with van der Waals surface area (Å²) in [4.78, 5) is 2.53. The Hall–Kier alpha value is -0.810. The van der Waals surface area contributed by atoms with E-state index in [0.717, 1.165) is 18.4 Å². The molecule has 0 bridgehead atoms. The Labute approximate surface area is 87.2 Å². The molecule has 14 heavy (non-hydrogen) atoms. The molecule has 0 aliphatic heterocycles. The minimum absolute atomic E-state index is 0.601. The Morgan fingerprint density at radius 2 is 2.07 bits per heavy atom. The van der Waals surface area contributed by atoms with Crippen molar-refractivity contribution < 1.29 is 0 Å². The van der Waals surface area contributed by atoms with Gasteiger partial charge in [0, 0.05) is 11.6 Å². The molecule has 0 heterocycles. The average Bonchev–Trinajstić information content (AvgIpc) is 2.65. The van der Waals surface area contributed by atoms with Gasteiger partial charge in [-0.15, -0.1) is 0 Å². The minimum atomic E-state index is 0.601. The first kappa shape index (κ1) is 11.3. The maximum Gasteiger partial charge on any atom is 0.0944 e. The van der Waals surface area contributed by atoms with Crippen molar-refractivity contribution >= 4 is 0 Å². The molecule has 78 valence electrons. The van der Waals surface area contributed by atoms with Crippen molar-refractivity contribution in [1.29, 1.82) is 5.26 Å². The Bertz CT molecular complexity index is 231. The van der Waals surface area contributed by atoms with Crippen LogP contribution in [0.15, 0.2) is 11.6 Å². The molecule has 1 unspecified atom stereocenters. The molecule has 0 N–H and O–H groups in total. The molecule has 2 nitrogen and oxygen atoms in total. The predicted molar refractivity (Wildman–Crippen MR) is 58.9 cm³/mol. The van der Waals surface area contributed by atoms with Crippen LogP contribution in [0.2, 0.25) is 0 Å². The van der Waals surface area contributed by atoms with Gasteiger partial charge in [-0.2, -0.15) is 5.26 Å². The lowest BCUT2D eigenvalue weighted by molar-refractivity contribution is 0.203. The number of hydrogen-bond acceptors (Lipinski definition) is 2. The van der Waals surface area contributed by atoms with E-state index in [0.29, 0.717) is 6.04 Å². The predicted octanol–water partition coefficient (Wildman–Crippen LogP) is 2.72. The summed E-state index contributed by atoms with van der Waals surface area (Å²) in [5.74, 6) is 0. The molecule has 0 amide bonds. The van der Waals surface area contributed by atoms with E-state index in [9.17, 15) is 0 Å². The smallest absolute Gasteiger partial charge is 0.0944 e. The summed E-state index contributed by atoms with van der Waals surface area (Å²) < 4.78 is 0. The monoisotopic (exact) mass is 192 g/mol. The maximum absolute atomic E-state index is 8.79. The van der Waals surface area contributed by atoms with Crippen LogP contribution < -0.4 is 0 Å². The Kier molecular flexibility index (Phi) is 4.69. The molecule has 0 aromatic carbocycles. The fourth-order valence-electron chi connectivity index (χ4n) is 2.12. The van der Waals surface area contributed by atoms with E-state index in [1.807, 2.05) is 0 Å². The van der Waals surface area contributed by atoms with Crippen molar-refractivity contribution in [3.05, 3.63) is 11.6 Å². The summed E-state index contributed by atoms with van der Waals surface area (Å²) in [6, 6.07) is 2.87. The molecule has 0 fully saturated rings. The number of nitrogens with zero attached hydrogens (tertiary/aromatic N) is 2. The van der Waals surface area contributed by atoms with E-state index in [1.54, 1.807) is 0 Å². The molecule has 1 aliphatic rings. The topological polar surface area (TPSA) is 27.0 Å². The quantitative estimate of drug-likeness (QED) is 0.669. The van der Waals surface area contributed by atoms with Crippen molar-refractivity contribution in [2.75, 3.05) is 13.1 Å². The van der Waals surface area contributed by atoms with E-state index in [2.05, 4.69) is 30.9 Å². The van der Waals surface area contributed by atoms with Gasteiger partial charge in [-0.05, 0) is 38.8 Å². The van der Waals surface area contributed by atoms with Gasteiger partial charge in [0.05, 0.1) is 6.07 Å². The van der Waals surface area contributed by atoms with Crippen LogP contribution >= 0.6 is 0 Å². The zero-order valence-corrected chi connectivity index (χ0v) is 9.29. The highest BCUT2D eigenvalue weighted by Gasteiger charge is 2.22. The largest absolute Gasteiger partial charge is 0.300 e. The van der Waals surface area contributed by atoms with Crippen LogP contribution in [-0.2, 0) is 0 Å². The van der Waals surface area contributed by atoms with Crippen LogP contribution in [0, 0.1) is 11.3 Å². The number of rotatable bonds is 5. The van der Waals surface area contributed by atoms with Crippen molar-refractivity contribution in [2.24, 2.45) is 0 Å². The first-order valence-electron chi connectivity index (χ1n) is 5.65. The highest BCUT2D eigenvalue weighted by atomic mass is 15.1. The summed E-state index contributed by atoms with van der Waals surface area (Å²) in [5.41, 5.74) is 0.979. The second-order valence-corrected chi connectivity index (χ2v) is 3.97. The molecular weight excluding hydrogens is 172 g/mol. The van der Waals surface area contributed by atoms with Crippen LogP contribution in [0.5, 0.6) is 0 Å². The fourth-order valence-corrected chi connectivity index (χ4v) is 2.12. The molecule has 1 atom stereocenters. The van der Waals surface area contributed by atoms with E-state index in [1.165, 1.54) is 25.9 Å². The van der Waals surface area contributed by atoms with Gasteiger partial charge in [-0.25, -0.2) is 0 Å². The lowest BCUT2D eigenvalue weighted by Crippen LogP contribution is -2.35. The molecule has 0 saturated carbocycles. The number of nitriles is 1. The van der Waals surface area contributed by atoms with Crippen LogP contribution in [0.25, 0.3) is 0 Å². The van der Waals surface area contributed by atoms with Crippen molar-refractivity contribution in [3.63, 3.8) is 0 Å². The summed E-state index contributed by atoms with van der Waals surface area (Å²) in [6.45, 7) is 6.78. The molecule has 0 spiro atoms.